The van der Waals surface area contributed by atoms with Crippen LogP contribution >= 0.6 is 0 Å². The number of nitro benzene ring substituents is 1. The molecule has 0 aromatic heterocycles. The number of primary sulfonamides is 1. The van der Waals surface area contributed by atoms with Gasteiger partial charge in [-0.1, -0.05) is 12.2 Å². The second-order valence-electron chi connectivity index (χ2n) is 3.77. The van der Waals surface area contributed by atoms with E-state index in [1.165, 1.54) is 13.0 Å². The Morgan fingerprint density at radius 3 is 2.58 bits per heavy atom. The number of rotatable bonds is 5. The van der Waals surface area contributed by atoms with Crippen molar-refractivity contribution in [1.29, 1.82) is 0 Å². The number of nitrogens with zero attached hydrogens (tertiary/aromatic N) is 1. The summed E-state index contributed by atoms with van der Waals surface area (Å²) >= 11 is 0. The quantitative estimate of drug-likeness (QED) is 0.500. The van der Waals surface area contributed by atoms with Crippen molar-refractivity contribution in [3.63, 3.8) is 0 Å². The van der Waals surface area contributed by atoms with Crippen LogP contribution in [0.5, 0.6) is 5.75 Å². The molecule has 0 aliphatic heterocycles. The largest absolute Gasteiger partial charge is 0.488 e. The summed E-state index contributed by atoms with van der Waals surface area (Å²) in [6.45, 7) is 3.46. The molecule has 0 aliphatic carbocycles. The third kappa shape index (κ3) is 3.76. The van der Waals surface area contributed by atoms with Crippen LogP contribution in [0.2, 0.25) is 0 Å². The maximum atomic E-state index is 11.5. The van der Waals surface area contributed by atoms with Gasteiger partial charge in [0, 0.05) is 12.1 Å². The van der Waals surface area contributed by atoms with Crippen LogP contribution in [0.3, 0.4) is 0 Å². The molecule has 0 atom stereocenters. The first-order chi connectivity index (χ1) is 8.77. The Morgan fingerprint density at radius 1 is 1.47 bits per heavy atom. The molecule has 0 aliphatic rings. The van der Waals surface area contributed by atoms with Gasteiger partial charge in [0.15, 0.2) is 0 Å². The lowest BCUT2D eigenvalue weighted by Gasteiger charge is -2.11. The normalized spacial score (nSPS) is 11.7. The van der Waals surface area contributed by atoms with Gasteiger partial charge in [0.05, 0.1) is 4.92 Å². The maximum Gasteiger partial charge on any atom is 0.271 e. The monoisotopic (exact) mass is 286 g/mol. The molecule has 1 aromatic rings. The van der Waals surface area contributed by atoms with Crippen LogP contribution in [0.1, 0.15) is 12.5 Å². The lowest BCUT2D eigenvalue weighted by atomic mass is 10.2. The van der Waals surface area contributed by atoms with Gasteiger partial charge < -0.3 is 4.74 Å². The van der Waals surface area contributed by atoms with E-state index in [1.54, 1.807) is 19.1 Å². The van der Waals surface area contributed by atoms with Crippen molar-refractivity contribution in [2.24, 2.45) is 5.14 Å². The van der Waals surface area contributed by atoms with Crippen LogP contribution in [0.4, 0.5) is 5.69 Å². The summed E-state index contributed by atoms with van der Waals surface area (Å²) in [5.74, 6) is 0.0335. The van der Waals surface area contributed by atoms with Crippen molar-refractivity contribution in [2.45, 2.75) is 18.7 Å². The highest BCUT2D eigenvalue weighted by Gasteiger charge is 2.22. The maximum absolute atomic E-state index is 11.5. The molecular weight excluding hydrogens is 272 g/mol. The lowest BCUT2D eigenvalue weighted by molar-refractivity contribution is -0.385. The van der Waals surface area contributed by atoms with Gasteiger partial charge in [-0.25, -0.2) is 13.6 Å². The highest BCUT2D eigenvalue weighted by molar-refractivity contribution is 7.89. The van der Waals surface area contributed by atoms with Crippen LogP contribution in [0.15, 0.2) is 29.2 Å². The molecule has 19 heavy (non-hydrogen) atoms. The van der Waals surface area contributed by atoms with E-state index in [9.17, 15) is 18.5 Å². The van der Waals surface area contributed by atoms with Crippen molar-refractivity contribution in [2.75, 3.05) is 6.61 Å². The highest BCUT2D eigenvalue weighted by Crippen LogP contribution is 2.31. The van der Waals surface area contributed by atoms with E-state index >= 15 is 0 Å². The Hall–Kier alpha value is -1.93. The number of nitrogens with two attached hydrogens (primary N) is 1. The molecule has 0 saturated heterocycles. The summed E-state index contributed by atoms with van der Waals surface area (Å²) in [5, 5.41) is 15.8. The second-order valence-corrected chi connectivity index (χ2v) is 5.30. The van der Waals surface area contributed by atoms with Gasteiger partial charge in [0.1, 0.15) is 17.3 Å². The Morgan fingerprint density at radius 2 is 2.11 bits per heavy atom. The third-order valence-electron chi connectivity index (χ3n) is 2.30. The minimum absolute atomic E-state index is 0.0335. The topological polar surface area (TPSA) is 113 Å². The van der Waals surface area contributed by atoms with Crippen LogP contribution in [-0.4, -0.2) is 19.9 Å². The molecule has 104 valence electrons. The average molecular weight is 286 g/mol. The van der Waals surface area contributed by atoms with Crippen LogP contribution in [-0.2, 0) is 10.0 Å². The number of non-ortho nitro benzene ring substituents is 1. The third-order valence-corrected chi connectivity index (χ3v) is 3.22. The van der Waals surface area contributed by atoms with Crippen molar-refractivity contribution in [1.82, 2.24) is 0 Å². The minimum atomic E-state index is -4.10. The van der Waals surface area contributed by atoms with E-state index < -0.39 is 14.9 Å². The Bertz CT molecular complexity index is 622. The Labute approximate surface area is 110 Å². The summed E-state index contributed by atoms with van der Waals surface area (Å²) in [7, 11) is -4.10. The fourth-order valence-corrected chi connectivity index (χ4v) is 2.22. The van der Waals surface area contributed by atoms with E-state index in [1.807, 2.05) is 0 Å². The Kier molecular flexibility index (Phi) is 4.62. The molecular formula is C11H14N2O5S. The summed E-state index contributed by atoms with van der Waals surface area (Å²) in [6.07, 6.45) is 3.41. The highest BCUT2D eigenvalue weighted by atomic mass is 32.2. The van der Waals surface area contributed by atoms with Crippen molar-refractivity contribution in [3.05, 3.63) is 40.0 Å². The standard InChI is InChI=1S/C11H14N2O5S/c1-3-4-5-18-11-8(2)6-9(13(14)15)7-10(11)19(12,16)17/h3-4,6-7H,5H2,1-2H3,(H2,12,16,17)/b4-3+. The summed E-state index contributed by atoms with van der Waals surface area (Å²) in [5.41, 5.74) is -0.0114. The molecule has 0 unspecified atom stereocenters. The summed E-state index contributed by atoms with van der Waals surface area (Å²) in [6, 6.07) is 2.13. The smallest absolute Gasteiger partial charge is 0.271 e. The molecule has 0 amide bonds. The predicted molar refractivity (Wildman–Crippen MR) is 69.5 cm³/mol. The predicted octanol–water partition coefficient (Wildman–Crippen LogP) is 1.51. The van der Waals surface area contributed by atoms with Gasteiger partial charge in [-0.3, -0.25) is 10.1 Å². The van der Waals surface area contributed by atoms with Gasteiger partial charge in [0.2, 0.25) is 10.0 Å². The summed E-state index contributed by atoms with van der Waals surface area (Å²) < 4.78 is 28.2. The number of ether oxygens (including phenoxy) is 1. The first kappa shape index (κ1) is 15.1. The van der Waals surface area contributed by atoms with Crippen molar-refractivity contribution in [3.8, 4) is 5.75 Å². The zero-order valence-corrected chi connectivity index (χ0v) is 11.3. The molecule has 0 bridgehead atoms. The number of benzene rings is 1. The zero-order valence-electron chi connectivity index (χ0n) is 10.5. The summed E-state index contributed by atoms with van der Waals surface area (Å²) in [4.78, 5) is 9.65. The second kappa shape index (κ2) is 5.81. The van der Waals surface area contributed by atoms with E-state index in [0.29, 0.717) is 5.56 Å². The van der Waals surface area contributed by atoms with E-state index in [2.05, 4.69) is 0 Å². The average Bonchev–Trinajstić information content (AvgIpc) is 2.29. The van der Waals surface area contributed by atoms with E-state index in [0.717, 1.165) is 6.07 Å². The SMILES string of the molecule is C/C=C/COc1c(C)cc([N+](=O)[O-])cc1S(N)(=O)=O. The molecule has 0 radical (unpaired) electrons. The molecule has 8 heteroatoms. The zero-order chi connectivity index (χ0) is 14.6. The molecule has 7 nitrogen and oxygen atoms in total. The number of hydrogen-bond donors (Lipinski definition) is 1. The molecule has 2 N–H and O–H groups in total. The number of aryl methyl sites for hydroxylation is 1. The number of hydrogen-bond acceptors (Lipinski definition) is 5. The van der Waals surface area contributed by atoms with E-state index in [-0.39, 0.29) is 22.9 Å². The lowest BCUT2D eigenvalue weighted by Crippen LogP contribution is -2.15. The van der Waals surface area contributed by atoms with Crippen LogP contribution in [0.25, 0.3) is 0 Å². The first-order valence-electron chi connectivity index (χ1n) is 5.33. The number of allylic oxidation sites excluding steroid dienone is 1. The molecule has 1 aromatic carbocycles. The molecule has 0 fully saturated rings. The van der Waals surface area contributed by atoms with Gasteiger partial charge >= 0.3 is 0 Å². The molecule has 0 spiro atoms. The van der Waals surface area contributed by atoms with Gasteiger partial charge in [-0.05, 0) is 19.4 Å². The van der Waals surface area contributed by atoms with Crippen molar-refractivity contribution >= 4 is 15.7 Å². The van der Waals surface area contributed by atoms with Crippen molar-refractivity contribution < 1.29 is 18.1 Å². The fraction of sp³-hybridized carbons (Fsp3) is 0.273. The van der Waals surface area contributed by atoms with Crippen LogP contribution < -0.4 is 9.88 Å². The van der Waals surface area contributed by atoms with Gasteiger partial charge in [0.25, 0.3) is 5.69 Å². The van der Waals surface area contributed by atoms with Gasteiger partial charge in [-0.2, -0.15) is 0 Å². The molecule has 0 heterocycles. The van der Waals surface area contributed by atoms with Crippen LogP contribution in [0, 0.1) is 17.0 Å². The molecule has 1 rings (SSSR count). The fourth-order valence-electron chi connectivity index (χ4n) is 1.45. The molecule has 0 saturated carbocycles. The van der Waals surface area contributed by atoms with Gasteiger partial charge in [-0.15, -0.1) is 0 Å². The number of nitro groups is 1. The van der Waals surface area contributed by atoms with E-state index in [4.69, 9.17) is 9.88 Å². The number of sulfonamides is 1. The minimum Gasteiger partial charge on any atom is -0.488 e. The Balaban J connectivity index is 3.40. The first-order valence-corrected chi connectivity index (χ1v) is 6.87.